The van der Waals surface area contributed by atoms with Crippen LogP contribution in [0.3, 0.4) is 0 Å². The second-order valence-electron chi connectivity index (χ2n) is 8.63. The van der Waals surface area contributed by atoms with Crippen LogP contribution in [0.2, 0.25) is 0 Å². The van der Waals surface area contributed by atoms with Crippen LogP contribution in [0.1, 0.15) is 37.0 Å². The monoisotopic (exact) mass is 477 g/mol. The molecule has 5 rings (SSSR count). The number of nitrogens with one attached hydrogen (secondary N) is 1. The van der Waals surface area contributed by atoms with Crippen molar-refractivity contribution in [2.75, 3.05) is 6.61 Å². The molecule has 2 aliphatic rings. The van der Waals surface area contributed by atoms with Gasteiger partial charge in [-0.15, -0.1) is 0 Å². The van der Waals surface area contributed by atoms with Crippen molar-refractivity contribution in [2.24, 2.45) is 0 Å². The fraction of sp³-hybridized carbons (Fsp3) is 0.320. The number of para-hydroxylation sites is 1. The lowest BCUT2D eigenvalue weighted by molar-refractivity contribution is -0.190. The highest BCUT2D eigenvalue weighted by atomic mass is 16.6. The zero-order chi connectivity index (χ0) is 24.9. The summed E-state index contributed by atoms with van der Waals surface area (Å²) >= 11 is 0. The third-order valence-electron chi connectivity index (χ3n) is 6.53. The van der Waals surface area contributed by atoms with Gasteiger partial charge < -0.3 is 24.5 Å². The summed E-state index contributed by atoms with van der Waals surface area (Å²) in [6.07, 6.45) is 0.00609. The summed E-state index contributed by atoms with van der Waals surface area (Å²) in [6.45, 7) is 2.30. The van der Waals surface area contributed by atoms with Crippen LogP contribution in [0.5, 0.6) is 0 Å². The Morgan fingerprint density at radius 2 is 2.06 bits per heavy atom. The average molecular weight is 477 g/mol. The van der Waals surface area contributed by atoms with Crippen molar-refractivity contribution < 1.29 is 29.0 Å². The largest absolute Gasteiger partial charge is 0.457 e. The summed E-state index contributed by atoms with van der Waals surface area (Å²) in [7, 11) is 0. The molecule has 2 aromatic heterocycles. The first-order valence-corrected chi connectivity index (χ1v) is 11.3. The molecule has 2 N–H and O–H groups in total. The van der Waals surface area contributed by atoms with E-state index in [-0.39, 0.29) is 29.7 Å². The van der Waals surface area contributed by atoms with Crippen molar-refractivity contribution in [1.82, 2.24) is 14.9 Å². The second kappa shape index (κ2) is 8.31. The number of hydrogen-bond donors (Lipinski definition) is 2. The number of aliphatic hydroxyl groups is 1. The second-order valence-corrected chi connectivity index (χ2v) is 8.63. The van der Waals surface area contributed by atoms with Crippen molar-refractivity contribution in [3.05, 3.63) is 63.4 Å². The molecule has 180 valence electrons. The summed E-state index contributed by atoms with van der Waals surface area (Å²) < 4.78 is 12.6. The highest BCUT2D eigenvalue weighted by Gasteiger charge is 2.51. The first-order valence-electron chi connectivity index (χ1n) is 11.3. The number of carbonyl (C=O) groups is 3. The number of aromatic nitrogens is 2. The van der Waals surface area contributed by atoms with E-state index >= 15 is 0 Å². The Morgan fingerprint density at radius 1 is 1.29 bits per heavy atom. The molecule has 4 heterocycles. The minimum atomic E-state index is -1.86. The van der Waals surface area contributed by atoms with E-state index in [9.17, 15) is 19.2 Å². The van der Waals surface area contributed by atoms with E-state index in [0.717, 1.165) is 16.5 Å². The number of esters is 2. The topological polar surface area (TPSA) is 137 Å². The molecular formula is C25H23N3O7. The molecule has 10 nitrogen and oxygen atoms in total. The maximum atomic E-state index is 13.5. The number of rotatable bonds is 5. The van der Waals surface area contributed by atoms with Crippen molar-refractivity contribution in [1.29, 1.82) is 0 Å². The van der Waals surface area contributed by atoms with Gasteiger partial charge in [0.2, 0.25) is 11.5 Å². The zero-order valence-corrected chi connectivity index (χ0v) is 19.2. The van der Waals surface area contributed by atoms with Crippen LogP contribution in [0.15, 0.2) is 41.2 Å². The Bertz CT molecular complexity index is 1460. The first-order chi connectivity index (χ1) is 16.8. The lowest BCUT2D eigenvalue weighted by Crippen LogP contribution is -2.50. The van der Waals surface area contributed by atoms with Gasteiger partial charge in [-0.05, 0) is 31.5 Å². The van der Waals surface area contributed by atoms with E-state index in [2.05, 4.69) is 5.32 Å². The number of nitrogens with zero attached hydrogens (tertiary/aromatic N) is 2. The number of amides is 1. The van der Waals surface area contributed by atoms with Crippen LogP contribution in [0, 0.1) is 0 Å². The highest BCUT2D eigenvalue weighted by molar-refractivity contribution is 5.90. The van der Waals surface area contributed by atoms with Crippen molar-refractivity contribution in [3.63, 3.8) is 0 Å². The number of pyridine rings is 2. The van der Waals surface area contributed by atoms with E-state index in [4.69, 9.17) is 19.6 Å². The number of aliphatic hydroxyl groups excluding tert-OH is 1. The predicted octanol–water partition coefficient (Wildman–Crippen LogP) is 1.13. The maximum absolute atomic E-state index is 13.5. The third-order valence-corrected chi connectivity index (χ3v) is 6.53. The molecule has 1 amide bonds. The number of benzene rings is 1. The van der Waals surface area contributed by atoms with Gasteiger partial charge in [-0.2, -0.15) is 0 Å². The number of ether oxygens (including phenoxy) is 2. The van der Waals surface area contributed by atoms with Crippen LogP contribution in [0.4, 0.5) is 0 Å². The van der Waals surface area contributed by atoms with Gasteiger partial charge in [-0.25, -0.2) is 14.6 Å². The molecule has 1 unspecified atom stereocenters. The Kier molecular flexibility index (Phi) is 5.40. The molecule has 0 bridgehead atoms. The summed E-state index contributed by atoms with van der Waals surface area (Å²) in [6, 6.07) is 10.2. The van der Waals surface area contributed by atoms with E-state index in [0.29, 0.717) is 17.9 Å². The molecule has 0 spiro atoms. The van der Waals surface area contributed by atoms with Gasteiger partial charge in [0, 0.05) is 16.5 Å². The molecule has 35 heavy (non-hydrogen) atoms. The molecule has 0 aliphatic carbocycles. The Morgan fingerprint density at radius 3 is 2.80 bits per heavy atom. The van der Waals surface area contributed by atoms with Gasteiger partial charge >= 0.3 is 11.9 Å². The van der Waals surface area contributed by atoms with E-state index < -0.39 is 36.1 Å². The van der Waals surface area contributed by atoms with E-state index in [1.807, 2.05) is 30.3 Å². The number of hydrogen-bond acceptors (Lipinski definition) is 8. The van der Waals surface area contributed by atoms with Gasteiger partial charge in [-0.3, -0.25) is 9.59 Å². The molecule has 0 saturated carbocycles. The van der Waals surface area contributed by atoms with E-state index in [1.54, 1.807) is 17.6 Å². The molecule has 10 heteroatoms. The van der Waals surface area contributed by atoms with Crippen LogP contribution >= 0.6 is 0 Å². The predicted molar refractivity (Wildman–Crippen MR) is 123 cm³/mol. The molecular weight excluding hydrogens is 454 g/mol. The molecule has 2 aliphatic heterocycles. The SMILES string of the molecule is CC[C@@]1(OC(=O)C(C)NC(=O)CO)C(=O)OCc2c1cc1n(c2=O)Cc2cc3ccccc3nc2-1. The minimum absolute atomic E-state index is 0.00609. The summed E-state index contributed by atoms with van der Waals surface area (Å²) in [4.78, 5) is 55.6. The molecule has 0 fully saturated rings. The van der Waals surface area contributed by atoms with Gasteiger partial charge in [0.15, 0.2) is 0 Å². The van der Waals surface area contributed by atoms with Crippen LogP contribution in [-0.2, 0) is 42.6 Å². The van der Waals surface area contributed by atoms with Gasteiger partial charge in [0.25, 0.3) is 5.56 Å². The number of carbonyl (C=O) groups excluding carboxylic acids is 3. The summed E-state index contributed by atoms with van der Waals surface area (Å²) in [5.74, 6) is -2.46. The third kappa shape index (κ3) is 3.48. The van der Waals surface area contributed by atoms with E-state index in [1.165, 1.54) is 6.92 Å². The smallest absolute Gasteiger partial charge is 0.355 e. The van der Waals surface area contributed by atoms with Gasteiger partial charge in [0.1, 0.15) is 19.3 Å². The Balaban J connectivity index is 1.63. The fourth-order valence-corrected chi connectivity index (χ4v) is 4.69. The van der Waals surface area contributed by atoms with Crippen LogP contribution < -0.4 is 10.9 Å². The Labute approximate surface area is 199 Å². The first kappa shape index (κ1) is 22.7. The average Bonchev–Trinajstić information content (AvgIpc) is 3.22. The zero-order valence-electron chi connectivity index (χ0n) is 19.2. The summed E-state index contributed by atoms with van der Waals surface area (Å²) in [5.41, 5.74) is 1.07. The summed E-state index contributed by atoms with van der Waals surface area (Å²) in [5, 5.41) is 12.2. The lowest BCUT2D eigenvalue weighted by atomic mass is 9.85. The van der Waals surface area contributed by atoms with Crippen molar-refractivity contribution in [3.8, 4) is 11.4 Å². The van der Waals surface area contributed by atoms with Gasteiger partial charge in [-0.1, -0.05) is 25.1 Å². The molecule has 3 aromatic rings. The number of cyclic esters (lactones) is 1. The Hall–Kier alpha value is -4.05. The lowest BCUT2D eigenvalue weighted by Gasteiger charge is -2.36. The molecule has 0 radical (unpaired) electrons. The fourth-order valence-electron chi connectivity index (χ4n) is 4.69. The molecule has 2 atom stereocenters. The standard InChI is InChI=1S/C25H23N3O7/c1-3-25(35-23(32)13(2)26-20(30)11-29)17-9-19-21-15(8-14-6-4-5-7-18(14)27-21)10-28(19)22(31)16(17)12-34-24(25)33/h4-9,13,29H,3,10-12H2,1-2H3,(H,26,30)/t13?,25-/m0/s1. The minimum Gasteiger partial charge on any atom is -0.457 e. The van der Waals surface area contributed by atoms with Gasteiger partial charge in [0.05, 0.1) is 29.0 Å². The van der Waals surface area contributed by atoms with Crippen molar-refractivity contribution >= 4 is 28.7 Å². The highest BCUT2D eigenvalue weighted by Crippen LogP contribution is 2.41. The molecule has 1 aromatic carbocycles. The van der Waals surface area contributed by atoms with Crippen molar-refractivity contribution in [2.45, 2.75) is 45.1 Å². The maximum Gasteiger partial charge on any atom is 0.355 e. The van der Waals surface area contributed by atoms with Crippen LogP contribution in [0.25, 0.3) is 22.3 Å². The quantitative estimate of drug-likeness (QED) is 0.408. The van der Waals surface area contributed by atoms with Crippen LogP contribution in [-0.4, -0.2) is 45.2 Å². The number of fused-ring (bicyclic) bond motifs is 5. The normalized spacial score (nSPS) is 18.8. The molecule has 0 saturated heterocycles.